The van der Waals surface area contributed by atoms with Crippen LogP contribution in [0.4, 0.5) is 5.69 Å². The largest absolute Gasteiger partial charge is 0.384 e. The molecule has 0 radical (unpaired) electrons. The van der Waals surface area contributed by atoms with Crippen LogP contribution in [0.2, 0.25) is 0 Å². The molecule has 4 N–H and O–H groups in total. The number of rotatable bonds is 4. The van der Waals surface area contributed by atoms with Gasteiger partial charge in [-0.1, -0.05) is 12.1 Å². The minimum atomic E-state index is -3.72. The fourth-order valence-electron chi connectivity index (χ4n) is 1.64. The summed E-state index contributed by atoms with van der Waals surface area (Å²) >= 11 is 0. The van der Waals surface area contributed by atoms with Gasteiger partial charge in [-0.2, -0.15) is 5.10 Å². The third kappa shape index (κ3) is 2.29. The molecule has 0 atom stereocenters. The normalized spacial score (nSPS) is 11.2. The van der Waals surface area contributed by atoms with Gasteiger partial charge in [-0.3, -0.25) is 14.8 Å². The second-order valence-electron chi connectivity index (χ2n) is 3.84. The summed E-state index contributed by atoms with van der Waals surface area (Å²) in [6, 6.07) is 6.56. The number of nitrogens with two attached hydrogens (primary N) is 1. The number of nitrogens with one attached hydrogen (secondary N) is 2. The summed E-state index contributed by atoms with van der Waals surface area (Å²) in [5.41, 5.74) is 6.16. The number of H-pyrrole nitrogens is 1. The Hall–Kier alpha value is -2.35. The number of sulfonamides is 1. The summed E-state index contributed by atoms with van der Waals surface area (Å²) in [6.45, 7) is 0. The molecule has 1 aromatic carbocycles. The first-order valence-corrected chi connectivity index (χ1v) is 6.79. The molecular weight excluding hydrogens is 266 g/mol. The molecular formula is C11H13N5O2S. The molecule has 0 saturated heterocycles. The van der Waals surface area contributed by atoms with Crippen LogP contribution in [0, 0.1) is 5.41 Å². The summed E-state index contributed by atoms with van der Waals surface area (Å²) < 4.78 is 25.7. The van der Waals surface area contributed by atoms with Gasteiger partial charge in [0.2, 0.25) is 0 Å². The highest BCUT2D eigenvalue weighted by atomic mass is 32.2. The maximum atomic E-state index is 12.3. The Morgan fingerprint density at radius 3 is 2.68 bits per heavy atom. The zero-order valence-corrected chi connectivity index (χ0v) is 11.0. The first kappa shape index (κ1) is 13.1. The lowest BCUT2D eigenvalue weighted by molar-refractivity contribution is 0.594. The number of nitrogen functional groups attached to an aromatic ring is 1. The number of aromatic amines is 1. The highest BCUT2D eigenvalue weighted by molar-refractivity contribution is 7.92. The Morgan fingerprint density at radius 1 is 1.42 bits per heavy atom. The Kier molecular flexibility index (Phi) is 3.26. The molecule has 0 amide bonds. The van der Waals surface area contributed by atoms with Crippen molar-refractivity contribution in [3.63, 3.8) is 0 Å². The van der Waals surface area contributed by atoms with Gasteiger partial charge in [-0.05, 0) is 12.1 Å². The predicted molar refractivity (Wildman–Crippen MR) is 71.6 cm³/mol. The van der Waals surface area contributed by atoms with Crippen LogP contribution in [0.3, 0.4) is 0 Å². The molecule has 0 aliphatic rings. The van der Waals surface area contributed by atoms with E-state index in [1.54, 1.807) is 24.3 Å². The van der Waals surface area contributed by atoms with Crippen LogP contribution >= 0.6 is 0 Å². The maximum absolute atomic E-state index is 12.3. The Morgan fingerprint density at radius 2 is 2.11 bits per heavy atom. The molecule has 19 heavy (non-hydrogen) atoms. The topological polar surface area (TPSA) is 116 Å². The molecule has 0 aliphatic heterocycles. The summed E-state index contributed by atoms with van der Waals surface area (Å²) in [6.07, 6.45) is 2.52. The number of aromatic nitrogens is 2. The van der Waals surface area contributed by atoms with Crippen LogP contribution in [-0.2, 0) is 10.0 Å². The molecule has 0 bridgehead atoms. The summed E-state index contributed by atoms with van der Waals surface area (Å²) in [5.74, 6) is -0.190. The van der Waals surface area contributed by atoms with Crippen molar-refractivity contribution in [3.8, 4) is 0 Å². The lowest BCUT2D eigenvalue weighted by Gasteiger charge is -2.21. The third-order valence-electron chi connectivity index (χ3n) is 2.67. The minimum absolute atomic E-state index is 0.0494. The summed E-state index contributed by atoms with van der Waals surface area (Å²) in [4.78, 5) is 0.0494. The van der Waals surface area contributed by atoms with Gasteiger partial charge in [0.05, 0.1) is 11.9 Å². The molecule has 0 unspecified atom stereocenters. The quantitative estimate of drug-likeness (QED) is 0.558. The minimum Gasteiger partial charge on any atom is -0.384 e. The summed E-state index contributed by atoms with van der Waals surface area (Å²) in [5, 5.41) is 13.6. The van der Waals surface area contributed by atoms with E-state index in [2.05, 4.69) is 10.2 Å². The van der Waals surface area contributed by atoms with Crippen LogP contribution in [-0.4, -0.2) is 31.5 Å². The van der Waals surface area contributed by atoms with Crippen molar-refractivity contribution < 1.29 is 8.42 Å². The van der Waals surface area contributed by atoms with Gasteiger partial charge in [0.15, 0.2) is 0 Å². The van der Waals surface area contributed by atoms with E-state index in [0.717, 1.165) is 4.31 Å². The number of anilines is 1. The fourth-order valence-corrected chi connectivity index (χ4v) is 2.77. The smallest absolute Gasteiger partial charge is 0.267 e. The Labute approximate surface area is 110 Å². The molecule has 1 aromatic heterocycles. The Balaban J connectivity index is 2.52. The first-order chi connectivity index (χ1) is 8.94. The van der Waals surface area contributed by atoms with Gasteiger partial charge in [0.1, 0.15) is 10.7 Å². The number of hydrogen-bond donors (Lipinski definition) is 3. The third-order valence-corrected chi connectivity index (χ3v) is 4.40. The zero-order chi connectivity index (χ0) is 14.0. The lowest BCUT2D eigenvalue weighted by Crippen LogP contribution is -2.28. The second kappa shape index (κ2) is 4.73. The molecule has 100 valence electrons. The van der Waals surface area contributed by atoms with Crippen molar-refractivity contribution in [3.05, 3.63) is 42.2 Å². The number of para-hydroxylation sites is 1. The molecule has 8 heteroatoms. The molecule has 0 saturated carbocycles. The number of benzene rings is 1. The average molecular weight is 279 g/mol. The van der Waals surface area contributed by atoms with E-state index in [4.69, 9.17) is 11.1 Å². The van der Waals surface area contributed by atoms with E-state index in [0.29, 0.717) is 11.3 Å². The maximum Gasteiger partial charge on any atom is 0.267 e. The van der Waals surface area contributed by atoms with Crippen LogP contribution in [0.1, 0.15) is 5.56 Å². The van der Waals surface area contributed by atoms with E-state index in [9.17, 15) is 8.42 Å². The second-order valence-corrected chi connectivity index (χ2v) is 5.81. The van der Waals surface area contributed by atoms with Crippen molar-refractivity contribution in [2.45, 2.75) is 4.90 Å². The SMILES string of the molecule is CN(c1ccccc1C(=N)N)S(=O)(=O)c1cn[nH]c1. The van der Waals surface area contributed by atoms with Crippen molar-refractivity contribution >= 4 is 21.5 Å². The molecule has 1 heterocycles. The number of amidine groups is 1. The summed E-state index contributed by atoms with van der Waals surface area (Å²) in [7, 11) is -2.31. The van der Waals surface area contributed by atoms with Crippen LogP contribution < -0.4 is 10.0 Å². The highest BCUT2D eigenvalue weighted by Gasteiger charge is 2.24. The van der Waals surface area contributed by atoms with Crippen LogP contribution in [0.15, 0.2) is 41.6 Å². The standard InChI is InChI=1S/C11H13N5O2S/c1-16(19(17,18)8-6-14-15-7-8)10-5-3-2-4-9(10)11(12)13/h2-7H,1H3,(H3,12,13)(H,14,15). The van der Waals surface area contributed by atoms with Gasteiger partial charge >= 0.3 is 0 Å². The van der Waals surface area contributed by atoms with Crippen molar-refractivity contribution in [2.75, 3.05) is 11.4 Å². The van der Waals surface area contributed by atoms with Crippen molar-refractivity contribution in [1.29, 1.82) is 5.41 Å². The van der Waals surface area contributed by atoms with E-state index in [-0.39, 0.29) is 10.7 Å². The average Bonchev–Trinajstić information content (AvgIpc) is 2.92. The van der Waals surface area contributed by atoms with Gasteiger partial charge in [0, 0.05) is 18.8 Å². The van der Waals surface area contributed by atoms with Gasteiger partial charge in [-0.25, -0.2) is 8.42 Å². The zero-order valence-electron chi connectivity index (χ0n) is 10.2. The fraction of sp³-hybridized carbons (Fsp3) is 0.0909. The van der Waals surface area contributed by atoms with E-state index < -0.39 is 10.0 Å². The van der Waals surface area contributed by atoms with Gasteiger partial charge < -0.3 is 5.73 Å². The molecule has 2 aromatic rings. The van der Waals surface area contributed by atoms with E-state index >= 15 is 0 Å². The van der Waals surface area contributed by atoms with Crippen LogP contribution in [0.5, 0.6) is 0 Å². The van der Waals surface area contributed by atoms with E-state index in [1.807, 2.05) is 0 Å². The number of hydrogen-bond acceptors (Lipinski definition) is 4. The molecule has 0 spiro atoms. The van der Waals surface area contributed by atoms with E-state index in [1.165, 1.54) is 19.4 Å². The lowest BCUT2D eigenvalue weighted by atomic mass is 10.1. The first-order valence-electron chi connectivity index (χ1n) is 5.35. The van der Waals surface area contributed by atoms with Gasteiger partial charge in [0.25, 0.3) is 10.0 Å². The monoisotopic (exact) mass is 279 g/mol. The number of nitrogens with zero attached hydrogens (tertiary/aromatic N) is 2. The van der Waals surface area contributed by atoms with Gasteiger partial charge in [-0.15, -0.1) is 0 Å². The highest BCUT2D eigenvalue weighted by Crippen LogP contribution is 2.24. The predicted octanol–water partition coefficient (Wildman–Crippen LogP) is 0.519. The van der Waals surface area contributed by atoms with Crippen molar-refractivity contribution in [1.82, 2.24) is 10.2 Å². The van der Waals surface area contributed by atoms with Crippen LogP contribution in [0.25, 0.3) is 0 Å². The van der Waals surface area contributed by atoms with Crippen molar-refractivity contribution in [2.24, 2.45) is 5.73 Å². The molecule has 0 fully saturated rings. The molecule has 7 nitrogen and oxygen atoms in total. The Bertz CT molecular complexity index is 694. The molecule has 2 rings (SSSR count). The molecule has 0 aliphatic carbocycles.